The van der Waals surface area contributed by atoms with Crippen LogP contribution < -0.4 is 0 Å². The fourth-order valence-electron chi connectivity index (χ4n) is 4.58. The van der Waals surface area contributed by atoms with E-state index in [1.54, 1.807) is 0 Å². The lowest BCUT2D eigenvalue weighted by Gasteiger charge is -2.05. The third-order valence-corrected chi connectivity index (χ3v) is 31.7. The molecule has 0 saturated heterocycles. The Morgan fingerprint density at radius 2 is 0.571 bits per heavy atom. The largest absolute Gasteiger partial charge is 0.198 e. The van der Waals surface area contributed by atoms with Crippen LogP contribution in [0.15, 0.2) is 50.8 Å². The quantitative estimate of drug-likeness (QED) is 0.0527. The number of thioether (sulfide) groups is 14. The normalized spacial score (nSPS) is 17.5. The molecule has 0 fully saturated rings. The molecule has 4 aliphatic rings. The zero-order valence-corrected chi connectivity index (χ0v) is 45.6. The van der Waals surface area contributed by atoms with Gasteiger partial charge in [0.1, 0.15) is 0 Å². The first kappa shape index (κ1) is 51.7. The maximum Gasteiger partial charge on any atom is 0.0772 e. The average molecular weight is 1050 g/mol. The molecule has 0 N–H and O–H groups in total. The summed E-state index contributed by atoms with van der Waals surface area (Å²) >= 11 is 27.8. The summed E-state index contributed by atoms with van der Waals surface area (Å²) < 4.78 is 17.1. The van der Waals surface area contributed by atoms with Crippen LogP contribution in [0.1, 0.15) is 118 Å². The maximum absolute atomic E-state index is 9.36. The second-order valence-corrected chi connectivity index (χ2v) is 32.2. The van der Waals surface area contributed by atoms with Gasteiger partial charge in [0.2, 0.25) is 0 Å². The van der Waals surface area contributed by atoms with Gasteiger partial charge < -0.3 is 0 Å². The van der Waals surface area contributed by atoms with Crippen molar-refractivity contribution in [2.24, 2.45) is 0 Å². The number of hydrogen-bond acceptors (Lipinski definition) is 18. The van der Waals surface area contributed by atoms with Gasteiger partial charge in [-0.15, -0.1) is 70.6 Å². The molecule has 0 atom stereocenters. The summed E-state index contributed by atoms with van der Waals surface area (Å²) in [4.78, 5) is 0. The molecule has 0 aromatic rings. The fourth-order valence-corrected chi connectivity index (χ4v) is 29.7. The van der Waals surface area contributed by atoms with Crippen LogP contribution in [0.25, 0.3) is 0 Å². The summed E-state index contributed by atoms with van der Waals surface area (Å²) in [6, 6.07) is 4.72. The van der Waals surface area contributed by atoms with Gasteiger partial charge in [-0.05, 0) is 70.3 Å². The predicted molar refractivity (Wildman–Crippen MR) is 291 cm³/mol. The molecule has 2 nitrogen and oxygen atoms in total. The molecule has 310 valence electrons. The number of nitrogens with zero attached hydrogens (tertiary/aromatic N) is 2. The van der Waals surface area contributed by atoms with E-state index in [4.69, 9.17) is 0 Å². The summed E-state index contributed by atoms with van der Waals surface area (Å²) in [7, 11) is 3.81. The molecule has 0 bridgehead atoms. The number of rotatable bonds is 29. The number of nitriles is 2. The van der Waals surface area contributed by atoms with Crippen molar-refractivity contribution in [3.63, 3.8) is 0 Å². The first-order chi connectivity index (χ1) is 27.5. The summed E-state index contributed by atoms with van der Waals surface area (Å²) in [5, 5.41) is 18.7. The van der Waals surface area contributed by atoms with Crippen molar-refractivity contribution in [1.29, 1.82) is 10.5 Å². The molecule has 0 saturated carbocycles. The monoisotopic (exact) mass is 1050 g/mol. The molecule has 0 aromatic carbocycles. The van der Waals surface area contributed by atoms with E-state index in [9.17, 15) is 10.5 Å². The SMILES string of the molecule is CCCCCSC1=C(SCCCCC)SC(=C2SC(SCCC#N)=C(SSC3=C(SCCC#N)SC(=C4SC(SCCCCC)=C(SCCCCC)S4)S3)S2)S1. The minimum Gasteiger partial charge on any atom is -0.198 e. The highest BCUT2D eigenvalue weighted by Gasteiger charge is 2.34. The lowest BCUT2D eigenvalue weighted by molar-refractivity contribution is 0.779. The van der Waals surface area contributed by atoms with Crippen LogP contribution in [0, 0.1) is 22.7 Å². The summed E-state index contributed by atoms with van der Waals surface area (Å²) in [6.07, 6.45) is 16.5. The Kier molecular flexibility index (Phi) is 29.3. The first-order valence-electron chi connectivity index (χ1n) is 19.3. The minimum absolute atomic E-state index is 0.563. The molecule has 4 heterocycles. The van der Waals surface area contributed by atoms with Crippen molar-refractivity contribution in [2.45, 2.75) is 118 Å². The van der Waals surface area contributed by atoms with Gasteiger partial charge in [0.25, 0.3) is 0 Å². The van der Waals surface area contributed by atoms with Crippen LogP contribution in [0.2, 0.25) is 0 Å². The van der Waals surface area contributed by atoms with Crippen LogP contribution in [0.4, 0.5) is 0 Å². The summed E-state index contributed by atoms with van der Waals surface area (Å²) in [5.41, 5.74) is 0. The van der Waals surface area contributed by atoms with E-state index >= 15 is 0 Å². The molecular formula is C38H52N2S16. The van der Waals surface area contributed by atoms with Crippen molar-refractivity contribution in [2.75, 3.05) is 34.5 Å². The van der Waals surface area contributed by atoms with Crippen molar-refractivity contribution < 1.29 is 0 Å². The Balaban J connectivity index is 1.48. The Hall–Kier alpha value is 3.02. The van der Waals surface area contributed by atoms with E-state index < -0.39 is 0 Å². The van der Waals surface area contributed by atoms with Crippen molar-refractivity contribution in [1.82, 2.24) is 0 Å². The standard InChI is InChI=1S/C38H52N2S16/c1-5-9-13-21-41-27-28(42-22-14-10-6-2)48-33(47-27)35-51-31(45-25-17-19-39)37(53-35)55-56-38-32(46-26-18-20-40)52-36(54-38)34-49-29(43-23-15-11-7-3)30(50-34)44-24-16-12-8-4/h5-18,21-26H2,1-4H3. The predicted octanol–water partition coefficient (Wildman–Crippen LogP) is 20.0. The van der Waals surface area contributed by atoms with Gasteiger partial charge in [-0.3, -0.25) is 0 Å². The molecule has 18 heteroatoms. The Morgan fingerprint density at radius 3 is 0.821 bits per heavy atom. The van der Waals surface area contributed by atoms with E-state index in [-0.39, 0.29) is 0 Å². The zero-order chi connectivity index (χ0) is 39.8. The highest BCUT2D eigenvalue weighted by atomic mass is 33.1. The Labute approximate surface area is 406 Å². The van der Waals surface area contributed by atoms with E-state index in [0.717, 1.165) is 11.5 Å². The lowest BCUT2D eigenvalue weighted by Crippen LogP contribution is -1.82. The van der Waals surface area contributed by atoms with E-state index in [1.807, 2.05) is 139 Å². The Bertz CT molecular complexity index is 1380. The highest BCUT2D eigenvalue weighted by molar-refractivity contribution is 8.84. The number of hydrogen-bond donors (Lipinski definition) is 0. The molecule has 0 spiro atoms. The summed E-state index contributed by atoms with van der Waals surface area (Å²) in [5.74, 6) is 6.45. The van der Waals surface area contributed by atoms with Gasteiger partial charge in [0, 0.05) is 24.3 Å². The molecule has 0 unspecified atom stereocenters. The van der Waals surface area contributed by atoms with Crippen molar-refractivity contribution >= 4 is 186 Å². The Morgan fingerprint density at radius 1 is 0.339 bits per heavy atom. The fraction of sp³-hybridized carbons (Fsp3) is 0.632. The molecule has 4 aliphatic heterocycles. The minimum atomic E-state index is 0.563. The van der Waals surface area contributed by atoms with Gasteiger partial charge in [0.05, 0.1) is 63.0 Å². The van der Waals surface area contributed by atoms with Gasteiger partial charge in [0.15, 0.2) is 0 Å². The van der Waals surface area contributed by atoms with E-state index in [0.29, 0.717) is 12.8 Å². The van der Waals surface area contributed by atoms with Gasteiger partial charge >= 0.3 is 0 Å². The smallest absolute Gasteiger partial charge is 0.0772 e. The second kappa shape index (κ2) is 31.8. The van der Waals surface area contributed by atoms with Gasteiger partial charge in [-0.25, -0.2) is 0 Å². The second-order valence-electron chi connectivity index (χ2n) is 12.2. The molecule has 0 radical (unpaired) electrons. The molecular weight excluding hydrogens is 998 g/mol. The molecule has 0 aliphatic carbocycles. The van der Waals surface area contributed by atoms with Crippen LogP contribution in [0.3, 0.4) is 0 Å². The van der Waals surface area contributed by atoms with Crippen LogP contribution in [-0.4, -0.2) is 34.5 Å². The van der Waals surface area contributed by atoms with Gasteiger partial charge in [-0.1, -0.05) is 173 Å². The van der Waals surface area contributed by atoms with E-state index in [2.05, 4.69) is 86.9 Å². The first-order valence-corrected chi connectivity index (χ1v) is 33.9. The van der Waals surface area contributed by atoms with Crippen molar-refractivity contribution in [3.8, 4) is 12.1 Å². The molecule has 4 rings (SSSR count). The number of unbranched alkanes of at least 4 members (excludes halogenated alkanes) is 8. The molecule has 56 heavy (non-hydrogen) atoms. The summed E-state index contributed by atoms with van der Waals surface area (Å²) in [6.45, 7) is 9.15. The molecule has 0 amide bonds. The zero-order valence-electron chi connectivity index (χ0n) is 32.6. The van der Waals surface area contributed by atoms with Gasteiger partial charge in [-0.2, -0.15) is 10.5 Å². The van der Waals surface area contributed by atoms with Crippen LogP contribution in [0.5, 0.6) is 0 Å². The van der Waals surface area contributed by atoms with Crippen LogP contribution >= 0.6 is 186 Å². The van der Waals surface area contributed by atoms with E-state index in [1.165, 1.54) is 151 Å². The third kappa shape index (κ3) is 18.6. The van der Waals surface area contributed by atoms with Crippen LogP contribution in [-0.2, 0) is 0 Å². The van der Waals surface area contributed by atoms with Crippen molar-refractivity contribution in [3.05, 3.63) is 50.8 Å². The average Bonchev–Trinajstić information content (AvgIpc) is 4.00. The highest BCUT2D eigenvalue weighted by Crippen LogP contribution is 2.71. The third-order valence-electron chi connectivity index (χ3n) is 7.49. The molecule has 0 aromatic heterocycles. The maximum atomic E-state index is 9.36. The topological polar surface area (TPSA) is 47.6 Å². The lowest BCUT2D eigenvalue weighted by atomic mass is 10.3.